The summed E-state index contributed by atoms with van der Waals surface area (Å²) in [5.74, 6) is -3.76. The highest BCUT2D eigenvalue weighted by Gasteiger charge is 2.16. The molecule has 0 aliphatic rings. The monoisotopic (exact) mass is 471 g/mol. The molecular weight excluding hydrogens is 456 g/mol. The molecule has 2 aromatic carbocycles. The number of nitrogen functional groups attached to an aromatic ring is 1. The number of carbonyl (C=O) groups is 2. The van der Waals surface area contributed by atoms with Crippen molar-refractivity contribution in [3.05, 3.63) is 59.9 Å². The number of hydrogen-bond donors (Lipinski definition) is 5. The molecule has 0 saturated heterocycles. The van der Waals surface area contributed by atoms with Crippen molar-refractivity contribution < 1.29 is 23.5 Å². The third-order valence-electron chi connectivity index (χ3n) is 4.31. The Hall–Kier alpha value is -4.26. The third-order valence-corrected chi connectivity index (χ3v) is 5.29. The molecule has 0 radical (unpaired) electrons. The number of phenolic OH excluding ortho intramolecular Hbond substituents is 1. The smallest absolute Gasteiger partial charge is 0.259 e. The summed E-state index contributed by atoms with van der Waals surface area (Å²) in [5, 5.41) is 15.4. The van der Waals surface area contributed by atoms with Gasteiger partial charge in [0.25, 0.3) is 5.91 Å². The number of imidazole rings is 1. The van der Waals surface area contributed by atoms with E-state index in [1.54, 1.807) is 0 Å². The fourth-order valence-electron chi connectivity index (χ4n) is 2.83. The predicted molar refractivity (Wildman–Crippen MR) is 118 cm³/mol. The van der Waals surface area contributed by atoms with Crippen LogP contribution in [-0.4, -0.2) is 42.6 Å². The number of nitrogens with one attached hydrogen (secondary N) is 3. The SMILES string of the molecule is Nc1nc(SCC(=O)Nc2ccc(O)c(C(=O)Nc3ccc(F)c(F)c3)c2)c2[nH]cnc2n1. The lowest BCUT2D eigenvalue weighted by Crippen LogP contribution is -2.16. The number of hydrogen-bond acceptors (Lipinski definition) is 8. The lowest BCUT2D eigenvalue weighted by molar-refractivity contribution is -0.113. The Morgan fingerprint density at radius 1 is 1.06 bits per heavy atom. The minimum Gasteiger partial charge on any atom is -0.507 e. The number of nitrogens with two attached hydrogens (primary N) is 1. The minimum atomic E-state index is -1.13. The van der Waals surface area contributed by atoms with Gasteiger partial charge in [0.15, 0.2) is 17.3 Å². The minimum absolute atomic E-state index is 0.00150. The molecule has 4 rings (SSSR count). The molecule has 13 heteroatoms. The van der Waals surface area contributed by atoms with E-state index < -0.39 is 23.4 Å². The number of aromatic hydroxyl groups is 1. The number of carbonyl (C=O) groups excluding carboxylic acids is 2. The second kappa shape index (κ2) is 9.08. The molecule has 2 aromatic heterocycles. The van der Waals surface area contributed by atoms with E-state index in [0.717, 1.165) is 23.9 Å². The van der Waals surface area contributed by atoms with Gasteiger partial charge in [-0.2, -0.15) is 4.98 Å². The van der Waals surface area contributed by atoms with Crippen LogP contribution in [-0.2, 0) is 4.79 Å². The number of phenols is 1. The van der Waals surface area contributed by atoms with Gasteiger partial charge >= 0.3 is 0 Å². The lowest BCUT2D eigenvalue weighted by Gasteiger charge is -2.10. The highest BCUT2D eigenvalue weighted by Crippen LogP contribution is 2.26. The van der Waals surface area contributed by atoms with Gasteiger partial charge < -0.3 is 26.5 Å². The van der Waals surface area contributed by atoms with E-state index in [4.69, 9.17) is 5.73 Å². The summed E-state index contributed by atoms with van der Waals surface area (Å²) in [6.07, 6.45) is 1.44. The standard InChI is InChI=1S/C20H15F2N7O3S/c21-12-3-1-10(6-13(12)22)27-18(32)11-5-9(2-4-14(11)30)26-15(31)7-33-19-16-17(25-8-24-16)28-20(23)29-19/h1-6,8,30H,7H2,(H,26,31)(H,27,32)(H3,23,24,25,28,29). The molecule has 0 fully saturated rings. The molecule has 168 valence electrons. The number of fused-ring (bicyclic) bond motifs is 1. The van der Waals surface area contributed by atoms with Gasteiger partial charge in [-0.1, -0.05) is 11.8 Å². The van der Waals surface area contributed by atoms with Crippen LogP contribution in [0, 0.1) is 11.6 Å². The van der Waals surface area contributed by atoms with Gasteiger partial charge in [0.1, 0.15) is 16.3 Å². The van der Waals surface area contributed by atoms with Gasteiger partial charge in [-0.05, 0) is 30.3 Å². The number of halogens is 2. The number of H-pyrrole nitrogens is 1. The van der Waals surface area contributed by atoms with Crippen molar-refractivity contribution in [3.8, 4) is 5.75 Å². The molecular formula is C20H15F2N7O3S. The highest BCUT2D eigenvalue weighted by atomic mass is 32.2. The molecule has 0 spiro atoms. The van der Waals surface area contributed by atoms with E-state index >= 15 is 0 Å². The first-order valence-electron chi connectivity index (χ1n) is 9.29. The van der Waals surface area contributed by atoms with Crippen molar-refractivity contribution >= 4 is 52.1 Å². The van der Waals surface area contributed by atoms with Crippen LogP contribution < -0.4 is 16.4 Å². The number of nitrogens with zero attached hydrogens (tertiary/aromatic N) is 3. The normalized spacial score (nSPS) is 10.8. The summed E-state index contributed by atoms with van der Waals surface area (Å²) in [6, 6.07) is 6.73. The molecule has 0 aliphatic heterocycles. The summed E-state index contributed by atoms with van der Waals surface area (Å²) >= 11 is 1.10. The second-order valence-corrected chi connectivity index (χ2v) is 7.60. The highest BCUT2D eigenvalue weighted by molar-refractivity contribution is 8.00. The summed E-state index contributed by atoms with van der Waals surface area (Å²) in [5.41, 5.74) is 6.64. The Labute approximate surface area is 188 Å². The zero-order valence-corrected chi connectivity index (χ0v) is 17.4. The average Bonchev–Trinajstić information content (AvgIpc) is 3.24. The van der Waals surface area contributed by atoms with E-state index in [-0.39, 0.29) is 34.4 Å². The fraction of sp³-hybridized carbons (Fsp3) is 0.0500. The first-order chi connectivity index (χ1) is 15.8. The number of amides is 2. The van der Waals surface area contributed by atoms with Crippen molar-refractivity contribution in [2.24, 2.45) is 0 Å². The Kier molecular flexibility index (Phi) is 6.04. The molecule has 6 N–H and O–H groups in total. The Bertz CT molecular complexity index is 1380. The third kappa shape index (κ3) is 4.98. The van der Waals surface area contributed by atoms with Crippen LogP contribution in [0.2, 0.25) is 0 Å². The summed E-state index contributed by atoms with van der Waals surface area (Å²) < 4.78 is 26.4. The Morgan fingerprint density at radius 3 is 2.61 bits per heavy atom. The zero-order chi connectivity index (χ0) is 23.5. The van der Waals surface area contributed by atoms with E-state index in [1.807, 2.05) is 0 Å². The van der Waals surface area contributed by atoms with Crippen molar-refractivity contribution in [2.45, 2.75) is 5.03 Å². The molecule has 0 unspecified atom stereocenters. The van der Waals surface area contributed by atoms with Gasteiger partial charge in [0.05, 0.1) is 17.6 Å². The van der Waals surface area contributed by atoms with Crippen molar-refractivity contribution in [1.29, 1.82) is 0 Å². The maximum atomic E-state index is 13.4. The summed E-state index contributed by atoms with van der Waals surface area (Å²) in [6.45, 7) is 0. The first-order valence-corrected chi connectivity index (χ1v) is 10.3. The summed E-state index contributed by atoms with van der Waals surface area (Å²) in [7, 11) is 0. The number of aromatic amines is 1. The summed E-state index contributed by atoms with van der Waals surface area (Å²) in [4.78, 5) is 39.8. The maximum Gasteiger partial charge on any atom is 0.259 e. The van der Waals surface area contributed by atoms with E-state index in [9.17, 15) is 23.5 Å². The molecule has 4 aromatic rings. The molecule has 0 bridgehead atoms. The van der Waals surface area contributed by atoms with Gasteiger partial charge in [-0.15, -0.1) is 0 Å². The van der Waals surface area contributed by atoms with Gasteiger partial charge in [0.2, 0.25) is 11.9 Å². The maximum absolute atomic E-state index is 13.4. The fourth-order valence-corrected chi connectivity index (χ4v) is 3.62. The van der Waals surface area contributed by atoms with Crippen LogP contribution >= 0.6 is 11.8 Å². The van der Waals surface area contributed by atoms with Gasteiger partial charge in [-0.3, -0.25) is 9.59 Å². The molecule has 2 heterocycles. The van der Waals surface area contributed by atoms with Gasteiger partial charge in [0, 0.05) is 17.4 Å². The second-order valence-electron chi connectivity index (χ2n) is 6.64. The number of rotatable bonds is 6. The van der Waals surface area contributed by atoms with Gasteiger partial charge in [-0.25, -0.2) is 18.7 Å². The lowest BCUT2D eigenvalue weighted by atomic mass is 10.1. The van der Waals surface area contributed by atoms with Crippen molar-refractivity contribution in [1.82, 2.24) is 19.9 Å². The quantitative estimate of drug-likeness (QED) is 0.163. The van der Waals surface area contributed by atoms with Crippen LogP contribution in [0.5, 0.6) is 5.75 Å². The van der Waals surface area contributed by atoms with Crippen LogP contribution in [0.1, 0.15) is 10.4 Å². The van der Waals surface area contributed by atoms with Crippen molar-refractivity contribution in [3.63, 3.8) is 0 Å². The van der Waals surface area contributed by atoms with Crippen LogP contribution in [0.4, 0.5) is 26.1 Å². The van der Waals surface area contributed by atoms with E-state index in [2.05, 4.69) is 30.6 Å². The topological polar surface area (TPSA) is 159 Å². The molecule has 0 aliphatic carbocycles. The Morgan fingerprint density at radius 2 is 1.82 bits per heavy atom. The molecule has 0 saturated carbocycles. The van der Waals surface area contributed by atoms with E-state index in [1.165, 1.54) is 30.6 Å². The molecule has 2 amide bonds. The molecule has 33 heavy (non-hydrogen) atoms. The van der Waals surface area contributed by atoms with E-state index in [0.29, 0.717) is 16.2 Å². The molecule has 10 nitrogen and oxygen atoms in total. The predicted octanol–water partition coefficient (Wildman–Crippen LogP) is 2.90. The average molecular weight is 471 g/mol. The number of benzene rings is 2. The number of anilines is 3. The number of aromatic nitrogens is 4. The zero-order valence-electron chi connectivity index (χ0n) is 16.6. The van der Waals surface area contributed by atoms with Crippen molar-refractivity contribution in [2.75, 3.05) is 22.1 Å². The van der Waals surface area contributed by atoms with Crippen LogP contribution in [0.25, 0.3) is 11.2 Å². The van der Waals surface area contributed by atoms with Crippen LogP contribution in [0.15, 0.2) is 47.8 Å². The number of thioether (sulfide) groups is 1. The Balaban J connectivity index is 1.43. The molecule has 0 atom stereocenters. The largest absolute Gasteiger partial charge is 0.507 e. The first kappa shape index (κ1) is 22.0. The van der Waals surface area contributed by atoms with Crippen LogP contribution in [0.3, 0.4) is 0 Å².